The van der Waals surface area contributed by atoms with Gasteiger partial charge < -0.3 is 15.3 Å². The maximum absolute atomic E-state index is 5.42. The molecule has 52 heavy (non-hydrogen) atoms. The van der Waals surface area contributed by atoms with Crippen LogP contribution < -0.4 is 16.0 Å². The molecule has 0 aliphatic carbocycles. The highest BCUT2D eigenvalue weighted by Gasteiger charge is 2.25. The fourth-order valence-electron chi connectivity index (χ4n) is 7.54. The van der Waals surface area contributed by atoms with Crippen LogP contribution in [0.15, 0.2) is 162 Å². The summed E-state index contributed by atoms with van der Waals surface area (Å²) in [4.78, 5) is 13.2. The van der Waals surface area contributed by atoms with Crippen LogP contribution in [-0.4, -0.2) is 21.7 Å². The first kappa shape index (κ1) is 31.6. The summed E-state index contributed by atoms with van der Waals surface area (Å²) in [5.74, 6) is 0. The third-order valence-corrected chi connectivity index (χ3v) is 10.4. The van der Waals surface area contributed by atoms with Crippen molar-refractivity contribution in [2.24, 2.45) is 4.99 Å². The second-order valence-corrected chi connectivity index (χ2v) is 14.2. The molecule has 8 bridgehead atoms. The van der Waals surface area contributed by atoms with Gasteiger partial charge in [0.2, 0.25) is 0 Å². The topological polar surface area (TPSA) is 56.0 Å². The Morgan fingerprint density at radius 1 is 0.442 bits per heavy atom. The van der Waals surface area contributed by atoms with Gasteiger partial charge in [-0.15, -0.1) is 0 Å². The normalized spacial score (nSPS) is 19.0. The van der Waals surface area contributed by atoms with Crippen LogP contribution >= 0.6 is 0 Å². The fraction of sp³-hybridized carbons (Fsp3) is 0.104. The van der Waals surface area contributed by atoms with Crippen molar-refractivity contribution in [1.82, 2.24) is 15.3 Å². The van der Waals surface area contributed by atoms with Gasteiger partial charge in [0.15, 0.2) is 0 Å². The van der Waals surface area contributed by atoms with E-state index >= 15 is 0 Å². The fourth-order valence-corrected chi connectivity index (χ4v) is 7.54. The minimum atomic E-state index is -0.0619. The van der Waals surface area contributed by atoms with Gasteiger partial charge in [-0.2, -0.15) is 0 Å². The molecule has 252 valence electrons. The number of rotatable bonds is 4. The molecule has 4 heteroatoms. The number of nitrogens with one attached hydrogen (secondary N) is 3. The summed E-state index contributed by atoms with van der Waals surface area (Å²) in [6.07, 6.45) is 8.87. The third kappa shape index (κ3) is 5.72. The molecule has 6 aromatic rings. The van der Waals surface area contributed by atoms with Gasteiger partial charge in [-0.05, 0) is 92.4 Å². The molecule has 3 aliphatic rings. The lowest BCUT2D eigenvalue weighted by atomic mass is 9.97. The summed E-state index contributed by atoms with van der Waals surface area (Å²) in [5, 5.41) is 6.05. The number of aromatic nitrogens is 2. The molecule has 1 atom stereocenters. The zero-order valence-corrected chi connectivity index (χ0v) is 29.9. The van der Waals surface area contributed by atoms with E-state index in [1.54, 1.807) is 0 Å². The van der Waals surface area contributed by atoms with E-state index in [0.717, 1.165) is 72.6 Å². The van der Waals surface area contributed by atoms with E-state index in [2.05, 4.69) is 189 Å². The maximum atomic E-state index is 5.42. The summed E-state index contributed by atoms with van der Waals surface area (Å²) in [5.41, 5.74) is 18.9. The monoisotopic (exact) mass is 672 g/mol. The van der Waals surface area contributed by atoms with Gasteiger partial charge in [-0.3, -0.25) is 0 Å². The Balaban J connectivity index is 1.38. The molecule has 0 fully saturated rings. The van der Waals surface area contributed by atoms with Gasteiger partial charge in [0.1, 0.15) is 0 Å². The highest BCUT2D eigenvalue weighted by molar-refractivity contribution is 6.30. The summed E-state index contributed by atoms with van der Waals surface area (Å²) < 4.78 is 0. The predicted molar refractivity (Wildman–Crippen MR) is 215 cm³/mol. The molecule has 4 nitrogen and oxygen atoms in total. The van der Waals surface area contributed by atoms with Crippen LogP contribution in [0, 0.1) is 27.7 Å². The molecule has 3 N–H and O–H groups in total. The van der Waals surface area contributed by atoms with Gasteiger partial charge in [-0.1, -0.05) is 125 Å². The number of hydrogen-bond donors (Lipinski definition) is 3. The van der Waals surface area contributed by atoms with Crippen molar-refractivity contribution in [3.8, 4) is 0 Å². The molecule has 4 aromatic carbocycles. The number of benzene rings is 4. The minimum absolute atomic E-state index is 0.0619. The molecule has 0 spiro atoms. The molecule has 3 aliphatic heterocycles. The number of aryl methyl sites for hydroxylation is 4. The van der Waals surface area contributed by atoms with Crippen molar-refractivity contribution in [2.45, 2.75) is 33.7 Å². The van der Waals surface area contributed by atoms with Crippen LogP contribution in [0.2, 0.25) is 0 Å². The Labute approximate surface area is 304 Å². The third-order valence-electron chi connectivity index (χ3n) is 10.4. The lowest BCUT2D eigenvalue weighted by Crippen LogP contribution is -2.30. The van der Waals surface area contributed by atoms with Crippen molar-refractivity contribution >= 4 is 28.0 Å². The van der Waals surface area contributed by atoms with Crippen LogP contribution in [-0.2, 0) is 0 Å². The number of aliphatic imine (C=N–C) groups is 1. The lowest BCUT2D eigenvalue weighted by molar-refractivity contribution is 0.855. The quantitative estimate of drug-likeness (QED) is 0.172. The van der Waals surface area contributed by atoms with Crippen molar-refractivity contribution < 1.29 is 0 Å². The smallest absolute Gasteiger partial charge is 0.0737 e. The molecule has 0 radical (unpaired) electrons. The number of nitrogens with zero attached hydrogens (tertiary/aromatic N) is 1. The molecule has 0 saturated heterocycles. The van der Waals surface area contributed by atoms with Gasteiger partial charge in [0.25, 0.3) is 0 Å². The highest BCUT2D eigenvalue weighted by atomic mass is 15.0. The largest absolute Gasteiger partial charge is 0.374 e. The molecule has 5 heterocycles. The van der Waals surface area contributed by atoms with E-state index in [9.17, 15) is 0 Å². The SMILES string of the molecule is Cc1ccc(C2=C3C=CC(N3)/C(c3ccc(C)cc3)=c3/ccc([nH]3)=C(c3ccc(C)cc3)C3=N/C(=C(/c4ccc(C)cc4)c4ccc2[nH]4)C=C3)cc1. The first-order valence-electron chi connectivity index (χ1n) is 18.0. The number of aromatic amines is 2. The molecular weight excluding hydrogens is 633 g/mol. The van der Waals surface area contributed by atoms with Crippen LogP contribution in [0.25, 0.3) is 22.3 Å². The highest BCUT2D eigenvalue weighted by Crippen LogP contribution is 2.36. The Hall–Kier alpha value is -6.39. The van der Waals surface area contributed by atoms with Crippen molar-refractivity contribution in [2.75, 3.05) is 0 Å². The summed E-state index contributed by atoms with van der Waals surface area (Å²) in [7, 11) is 0. The predicted octanol–water partition coefficient (Wildman–Crippen LogP) is 8.75. The standard InChI is InChI=1S/C48H40N4/c1-29-5-13-33(14-6-29)45-37-21-23-39(49-37)46(34-15-7-30(2)8-16-34)41-25-27-43(51-41)48(36-19-11-32(4)12-20-36)44-28-26-42(52-44)47(40-24-22-38(45)50-40)35-17-9-31(3)10-18-35/h5-28,37,49-51H,1-4H3/b45-38-,46-39?,47-40?,48-44-. The van der Waals surface area contributed by atoms with E-state index < -0.39 is 0 Å². The van der Waals surface area contributed by atoms with E-state index in [1.165, 1.54) is 33.4 Å². The Morgan fingerprint density at radius 2 is 0.942 bits per heavy atom. The van der Waals surface area contributed by atoms with Crippen molar-refractivity contribution in [1.29, 1.82) is 0 Å². The summed E-state index contributed by atoms with van der Waals surface area (Å²) in [6.45, 7) is 8.53. The summed E-state index contributed by atoms with van der Waals surface area (Å²) >= 11 is 0. The van der Waals surface area contributed by atoms with Crippen LogP contribution in [0.1, 0.15) is 55.9 Å². The molecular formula is C48H40N4. The van der Waals surface area contributed by atoms with Crippen molar-refractivity contribution in [3.63, 3.8) is 0 Å². The Kier molecular flexibility index (Phi) is 7.74. The second-order valence-electron chi connectivity index (χ2n) is 14.2. The second kappa shape index (κ2) is 12.7. The first-order valence-corrected chi connectivity index (χ1v) is 18.0. The Bertz CT molecular complexity index is 2630. The Morgan fingerprint density at radius 3 is 1.54 bits per heavy atom. The van der Waals surface area contributed by atoms with Crippen LogP contribution in [0.3, 0.4) is 0 Å². The number of hydrogen-bond acceptors (Lipinski definition) is 2. The average molecular weight is 673 g/mol. The zero-order valence-electron chi connectivity index (χ0n) is 29.9. The maximum Gasteiger partial charge on any atom is 0.0737 e. The van der Waals surface area contributed by atoms with Crippen LogP contribution in [0.4, 0.5) is 0 Å². The van der Waals surface area contributed by atoms with E-state index in [0.29, 0.717) is 0 Å². The van der Waals surface area contributed by atoms with Gasteiger partial charge >= 0.3 is 0 Å². The summed E-state index contributed by atoms with van der Waals surface area (Å²) in [6, 6.07) is 44.0. The van der Waals surface area contributed by atoms with E-state index in [1.807, 2.05) is 0 Å². The minimum Gasteiger partial charge on any atom is -0.374 e. The molecule has 9 rings (SSSR count). The molecule has 0 amide bonds. The van der Waals surface area contributed by atoms with Gasteiger partial charge in [0, 0.05) is 50.1 Å². The van der Waals surface area contributed by atoms with Crippen molar-refractivity contribution in [3.05, 3.63) is 224 Å². The van der Waals surface area contributed by atoms with Gasteiger partial charge in [0.05, 0.1) is 17.5 Å². The molecule has 2 aromatic heterocycles. The molecule has 0 saturated carbocycles. The van der Waals surface area contributed by atoms with Gasteiger partial charge in [-0.25, -0.2) is 4.99 Å². The van der Waals surface area contributed by atoms with E-state index in [-0.39, 0.29) is 6.04 Å². The first-order chi connectivity index (χ1) is 25.4. The number of fused-ring (bicyclic) bond motifs is 7. The zero-order chi connectivity index (χ0) is 35.3. The number of H-pyrrole nitrogens is 2. The average Bonchev–Trinajstić information content (AvgIpc) is 3.99. The lowest BCUT2D eigenvalue weighted by Gasteiger charge is -2.19. The number of allylic oxidation sites excluding steroid dienone is 3. The molecule has 1 unspecified atom stereocenters. The van der Waals surface area contributed by atoms with Crippen LogP contribution in [0.5, 0.6) is 0 Å². The van der Waals surface area contributed by atoms with E-state index in [4.69, 9.17) is 4.99 Å².